The molecular formula is C11H24N2O3S. The molecule has 0 amide bonds. The maximum atomic E-state index is 12.4. The Morgan fingerprint density at radius 3 is 2.29 bits per heavy atom. The first kappa shape index (κ1) is 14.9. The maximum absolute atomic E-state index is 12.4. The van der Waals surface area contributed by atoms with Gasteiger partial charge < -0.3 is 10.0 Å². The van der Waals surface area contributed by atoms with E-state index in [1.807, 2.05) is 19.0 Å². The Morgan fingerprint density at radius 1 is 1.35 bits per heavy atom. The molecular weight excluding hydrogens is 240 g/mol. The first-order valence-corrected chi connectivity index (χ1v) is 7.34. The van der Waals surface area contributed by atoms with E-state index < -0.39 is 20.9 Å². The Labute approximate surface area is 104 Å². The molecule has 17 heavy (non-hydrogen) atoms. The number of hydrogen-bond donors (Lipinski definition) is 1. The molecule has 6 heteroatoms. The summed E-state index contributed by atoms with van der Waals surface area (Å²) in [5.74, 6) is 0. The molecule has 1 fully saturated rings. The lowest BCUT2D eigenvalue weighted by molar-refractivity contribution is 0.188. The van der Waals surface area contributed by atoms with E-state index in [4.69, 9.17) is 0 Å². The van der Waals surface area contributed by atoms with Crippen molar-refractivity contribution in [2.45, 2.75) is 44.1 Å². The lowest BCUT2D eigenvalue weighted by Gasteiger charge is -2.32. The van der Waals surface area contributed by atoms with Gasteiger partial charge in [-0.05, 0) is 41.3 Å². The van der Waals surface area contributed by atoms with Gasteiger partial charge in [-0.15, -0.1) is 0 Å². The highest BCUT2D eigenvalue weighted by atomic mass is 32.2. The third-order valence-corrected chi connectivity index (χ3v) is 5.61. The summed E-state index contributed by atoms with van der Waals surface area (Å²) in [6, 6.07) is -0.121. The predicted octanol–water partition coefficient (Wildman–Crippen LogP) is 0.111. The van der Waals surface area contributed by atoms with E-state index in [1.54, 1.807) is 20.8 Å². The Kier molecular flexibility index (Phi) is 4.24. The Bertz CT molecular complexity index is 359. The third-order valence-electron chi connectivity index (χ3n) is 3.00. The van der Waals surface area contributed by atoms with Gasteiger partial charge in [0.05, 0.1) is 10.9 Å². The van der Waals surface area contributed by atoms with Crippen molar-refractivity contribution < 1.29 is 13.5 Å². The first-order valence-electron chi connectivity index (χ1n) is 5.90. The molecule has 2 atom stereocenters. The quantitative estimate of drug-likeness (QED) is 0.786. The van der Waals surface area contributed by atoms with Gasteiger partial charge in [-0.3, -0.25) is 0 Å². The van der Waals surface area contributed by atoms with Crippen molar-refractivity contribution in [2.75, 3.05) is 27.2 Å². The molecule has 1 aliphatic heterocycles. The summed E-state index contributed by atoms with van der Waals surface area (Å²) in [6.45, 7) is 5.95. The van der Waals surface area contributed by atoms with E-state index in [-0.39, 0.29) is 12.6 Å². The fraction of sp³-hybridized carbons (Fsp3) is 1.00. The molecule has 0 saturated carbocycles. The van der Waals surface area contributed by atoms with Crippen LogP contribution in [0.25, 0.3) is 0 Å². The number of sulfonamides is 1. The second-order valence-corrected chi connectivity index (χ2v) is 8.64. The lowest BCUT2D eigenvalue weighted by Crippen LogP contribution is -2.48. The number of nitrogens with zero attached hydrogens (tertiary/aromatic N) is 2. The average Bonchev–Trinajstić information content (AvgIpc) is 2.43. The van der Waals surface area contributed by atoms with Crippen LogP contribution < -0.4 is 0 Å². The minimum absolute atomic E-state index is 0.121. The number of hydrogen-bond acceptors (Lipinski definition) is 4. The van der Waals surface area contributed by atoms with Crippen molar-refractivity contribution >= 4 is 10.0 Å². The van der Waals surface area contributed by atoms with Crippen LogP contribution in [-0.2, 0) is 10.0 Å². The van der Waals surface area contributed by atoms with Gasteiger partial charge in [0, 0.05) is 19.1 Å². The summed E-state index contributed by atoms with van der Waals surface area (Å²) in [5, 5.41) is 9.69. The Hall–Kier alpha value is -0.170. The van der Waals surface area contributed by atoms with Gasteiger partial charge in [0.1, 0.15) is 0 Å². The van der Waals surface area contributed by atoms with Crippen LogP contribution in [0.4, 0.5) is 0 Å². The van der Waals surface area contributed by atoms with Gasteiger partial charge in [-0.25, -0.2) is 8.42 Å². The monoisotopic (exact) mass is 264 g/mol. The fourth-order valence-corrected chi connectivity index (χ4v) is 3.71. The molecule has 1 rings (SSSR count). The Morgan fingerprint density at radius 2 is 1.88 bits per heavy atom. The normalized spacial score (nSPS) is 27.9. The van der Waals surface area contributed by atoms with Crippen LogP contribution in [0.3, 0.4) is 0 Å². The number of likely N-dealkylation sites (N-methyl/N-ethyl adjacent to an activating group) is 1. The van der Waals surface area contributed by atoms with E-state index in [2.05, 4.69) is 0 Å². The zero-order chi connectivity index (χ0) is 13.4. The number of aliphatic hydroxyl groups excluding tert-OH is 1. The fourth-order valence-electron chi connectivity index (χ4n) is 2.10. The van der Waals surface area contributed by atoms with Gasteiger partial charge in [-0.1, -0.05) is 0 Å². The molecule has 1 saturated heterocycles. The highest BCUT2D eigenvalue weighted by Crippen LogP contribution is 2.29. The van der Waals surface area contributed by atoms with Crippen LogP contribution in [0.2, 0.25) is 0 Å². The molecule has 0 bridgehead atoms. The molecule has 2 unspecified atom stereocenters. The smallest absolute Gasteiger partial charge is 0.219 e. The van der Waals surface area contributed by atoms with E-state index in [0.29, 0.717) is 13.0 Å². The largest absolute Gasteiger partial charge is 0.392 e. The van der Waals surface area contributed by atoms with E-state index >= 15 is 0 Å². The summed E-state index contributed by atoms with van der Waals surface area (Å²) >= 11 is 0. The standard InChI is InChI=1S/C11H24N2O3S/c1-11(2,3)17(15,16)13-8-10(14)6-9(13)7-12(4)5/h9-10,14H,6-8H2,1-5H3. The molecule has 0 aromatic carbocycles. The second-order valence-electron chi connectivity index (χ2n) is 5.99. The molecule has 0 radical (unpaired) electrons. The SMILES string of the molecule is CN(C)CC1CC(O)CN1S(=O)(=O)C(C)(C)C. The van der Waals surface area contributed by atoms with Gasteiger partial charge in [0.15, 0.2) is 0 Å². The number of aliphatic hydroxyl groups is 1. The summed E-state index contributed by atoms with van der Waals surface area (Å²) in [6.07, 6.45) is -0.0231. The summed E-state index contributed by atoms with van der Waals surface area (Å²) in [5.41, 5.74) is 0. The summed E-state index contributed by atoms with van der Waals surface area (Å²) in [7, 11) is 0.461. The summed E-state index contributed by atoms with van der Waals surface area (Å²) in [4.78, 5) is 1.95. The van der Waals surface area contributed by atoms with Gasteiger partial charge in [-0.2, -0.15) is 4.31 Å². The molecule has 0 spiro atoms. The van der Waals surface area contributed by atoms with Crippen molar-refractivity contribution in [3.05, 3.63) is 0 Å². The Balaban J connectivity index is 2.95. The zero-order valence-electron chi connectivity index (χ0n) is 11.3. The van der Waals surface area contributed by atoms with Crippen molar-refractivity contribution in [3.63, 3.8) is 0 Å². The van der Waals surface area contributed by atoms with Crippen LogP contribution in [0, 0.1) is 0 Å². The van der Waals surface area contributed by atoms with Crippen LogP contribution in [0.1, 0.15) is 27.2 Å². The van der Waals surface area contributed by atoms with Crippen molar-refractivity contribution in [1.29, 1.82) is 0 Å². The molecule has 0 aromatic rings. The molecule has 1 aliphatic rings. The lowest BCUT2D eigenvalue weighted by atomic mass is 10.2. The maximum Gasteiger partial charge on any atom is 0.219 e. The highest BCUT2D eigenvalue weighted by molar-refractivity contribution is 7.90. The zero-order valence-corrected chi connectivity index (χ0v) is 12.2. The highest BCUT2D eigenvalue weighted by Gasteiger charge is 2.44. The average molecular weight is 264 g/mol. The van der Waals surface area contributed by atoms with Gasteiger partial charge >= 0.3 is 0 Å². The van der Waals surface area contributed by atoms with E-state index in [1.165, 1.54) is 4.31 Å². The van der Waals surface area contributed by atoms with Crippen molar-refractivity contribution in [1.82, 2.24) is 9.21 Å². The van der Waals surface area contributed by atoms with Crippen molar-refractivity contribution in [2.24, 2.45) is 0 Å². The second kappa shape index (κ2) is 4.84. The van der Waals surface area contributed by atoms with E-state index in [9.17, 15) is 13.5 Å². The van der Waals surface area contributed by atoms with Crippen LogP contribution >= 0.6 is 0 Å². The van der Waals surface area contributed by atoms with Gasteiger partial charge in [0.2, 0.25) is 10.0 Å². The van der Waals surface area contributed by atoms with Crippen LogP contribution in [-0.4, -0.2) is 66.8 Å². The number of β-amino-alcohol motifs (C(OH)–C–C–N with tert-alkyl or cyclic N) is 1. The first-order chi connectivity index (χ1) is 7.55. The van der Waals surface area contributed by atoms with Crippen molar-refractivity contribution in [3.8, 4) is 0 Å². The molecule has 5 nitrogen and oxygen atoms in total. The van der Waals surface area contributed by atoms with Gasteiger partial charge in [0.25, 0.3) is 0 Å². The topological polar surface area (TPSA) is 60.9 Å². The molecule has 0 aliphatic carbocycles. The molecule has 1 N–H and O–H groups in total. The third kappa shape index (κ3) is 3.19. The summed E-state index contributed by atoms with van der Waals surface area (Å²) < 4.78 is 25.4. The minimum atomic E-state index is -3.36. The molecule has 1 heterocycles. The van der Waals surface area contributed by atoms with Crippen LogP contribution in [0.15, 0.2) is 0 Å². The molecule has 0 aromatic heterocycles. The molecule has 102 valence electrons. The minimum Gasteiger partial charge on any atom is -0.392 e. The number of rotatable bonds is 3. The predicted molar refractivity (Wildman–Crippen MR) is 68.3 cm³/mol. The van der Waals surface area contributed by atoms with E-state index in [0.717, 1.165) is 0 Å². The van der Waals surface area contributed by atoms with Crippen LogP contribution in [0.5, 0.6) is 0 Å².